The van der Waals surface area contributed by atoms with Crippen LogP contribution in [0.25, 0.3) is 0 Å². The molecule has 0 spiro atoms. The van der Waals surface area contributed by atoms with Gasteiger partial charge in [0.1, 0.15) is 0 Å². The first-order valence-corrected chi connectivity index (χ1v) is 16.0. The SMILES string of the molecule is C[CH2][Al]([CH2]C)[O]C1(F)C(F)=C(F)C(Cc2ccccc2)(OB(Oc2c(F)c(F)c(F)c(F)c2F)Oc2c(F)c(F)c(F)c(F)c2F)C(F)=C1F. The Hall–Kier alpha value is -3.79. The van der Waals surface area contributed by atoms with Gasteiger partial charge in [0, 0.05) is 6.42 Å². The number of hydrogen-bond acceptors (Lipinski definition) is 4. The summed E-state index contributed by atoms with van der Waals surface area (Å²) in [5, 5.41) is -0.0730. The van der Waals surface area contributed by atoms with Crippen LogP contribution in [0.4, 0.5) is 65.9 Å². The number of rotatable bonds is 12. The van der Waals surface area contributed by atoms with Gasteiger partial charge in [-0.15, -0.1) is 0 Å². The summed E-state index contributed by atoms with van der Waals surface area (Å²) in [7, 11) is -3.85. The molecule has 4 nitrogen and oxygen atoms in total. The molecule has 0 radical (unpaired) electrons. The fourth-order valence-corrected chi connectivity index (χ4v) is 6.18. The van der Waals surface area contributed by atoms with Crippen molar-refractivity contribution in [2.45, 2.75) is 42.3 Å². The zero-order valence-electron chi connectivity index (χ0n) is 25.0. The van der Waals surface area contributed by atoms with Gasteiger partial charge in [0.25, 0.3) is 5.85 Å². The molecule has 0 N–H and O–H groups in total. The molecule has 0 amide bonds. The van der Waals surface area contributed by atoms with Crippen molar-refractivity contribution < 1.29 is 83.6 Å². The van der Waals surface area contributed by atoms with Crippen molar-refractivity contribution in [2.24, 2.45) is 0 Å². The number of alkyl halides is 1. The Kier molecular flexibility index (Phi) is 11.6. The van der Waals surface area contributed by atoms with Crippen molar-refractivity contribution in [2.75, 3.05) is 0 Å². The predicted molar refractivity (Wildman–Crippen MR) is 144 cm³/mol. The van der Waals surface area contributed by atoms with Crippen LogP contribution in [0.1, 0.15) is 19.4 Å². The van der Waals surface area contributed by atoms with Gasteiger partial charge in [-0.3, -0.25) is 0 Å². The van der Waals surface area contributed by atoms with Crippen molar-refractivity contribution >= 4 is 21.8 Å². The zero-order chi connectivity index (χ0) is 37.5. The van der Waals surface area contributed by atoms with Crippen LogP contribution < -0.4 is 9.31 Å². The largest absolute Gasteiger partial charge is 0.789 e. The van der Waals surface area contributed by atoms with Gasteiger partial charge in [0.15, 0.2) is 28.8 Å². The summed E-state index contributed by atoms with van der Waals surface area (Å²) in [6, 6.07) is 5.63. The predicted octanol–water partition coefficient (Wildman–Crippen LogP) is 9.55. The van der Waals surface area contributed by atoms with Gasteiger partial charge >= 0.3 is 21.8 Å². The second kappa shape index (κ2) is 14.8. The maximum atomic E-state index is 16.2. The van der Waals surface area contributed by atoms with Crippen LogP contribution in [-0.2, 0) is 14.9 Å². The molecule has 3 aromatic carbocycles. The lowest BCUT2D eigenvalue weighted by atomic mass is 9.84. The van der Waals surface area contributed by atoms with E-state index in [4.69, 9.17) is 8.44 Å². The topological polar surface area (TPSA) is 36.9 Å². The maximum Gasteiger partial charge on any atom is 0.789 e. The van der Waals surface area contributed by atoms with Crippen molar-refractivity contribution in [1.82, 2.24) is 0 Å². The zero-order valence-corrected chi connectivity index (χ0v) is 26.1. The highest BCUT2D eigenvalue weighted by atomic mass is 27.2. The molecule has 0 fully saturated rings. The standard InChI is InChI=1S/C25H7BF15O4.2C2H5.Al/c27-8-10(29)14(33)18(15(34)11(8)30)43-26(44-19-16(35)12(31)9(28)13(32)17(19)36)45-24(6-7-4-2-1-3-5-7)20(37)22(39)25(41,42)23(40)21(24)38;2*1-2;/h1-5H,6H2;2*1H2,2H3;/q-1;;;+1. The molecule has 3 aromatic rings. The second-order valence-electron chi connectivity index (χ2n) is 10.3. The quantitative estimate of drug-likeness (QED) is 0.0800. The van der Waals surface area contributed by atoms with Gasteiger partial charge in [0.05, 0.1) is 0 Å². The van der Waals surface area contributed by atoms with E-state index in [9.17, 15) is 43.9 Å². The minimum absolute atomic E-state index is 0.0365. The number of benzene rings is 3. The fourth-order valence-electron chi connectivity index (χ4n) is 4.61. The van der Waals surface area contributed by atoms with E-state index in [2.05, 4.69) is 9.31 Å². The van der Waals surface area contributed by atoms with Crippen molar-refractivity contribution in [3.05, 3.63) is 117 Å². The van der Waals surface area contributed by atoms with E-state index in [1.165, 1.54) is 19.9 Å². The lowest BCUT2D eigenvalue weighted by molar-refractivity contribution is -0.0628. The molecule has 0 aromatic heterocycles. The van der Waals surface area contributed by atoms with E-state index < -0.39 is 133 Å². The summed E-state index contributed by atoms with van der Waals surface area (Å²) in [4.78, 5) is 0. The molecule has 0 saturated heterocycles. The molecule has 0 heterocycles. The summed E-state index contributed by atoms with van der Waals surface area (Å²) in [6.07, 6.45) is -1.55. The molecule has 0 aliphatic heterocycles. The van der Waals surface area contributed by atoms with Crippen LogP contribution in [-0.4, -0.2) is 33.3 Å². The molecule has 0 bridgehead atoms. The first kappa shape index (κ1) is 39.0. The molecule has 0 atom stereocenters. The van der Waals surface area contributed by atoms with E-state index in [-0.39, 0.29) is 16.1 Å². The van der Waals surface area contributed by atoms with E-state index in [1.807, 2.05) is 0 Å². The third-order valence-electron chi connectivity index (χ3n) is 7.26. The highest BCUT2D eigenvalue weighted by Gasteiger charge is 2.62. The van der Waals surface area contributed by atoms with Gasteiger partial charge in [-0.05, 0) is 5.56 Å². The summed E-state index contributed by atoms with van der Waals surface area (Å²) in [5.41, 5.74) is -4.56. The van der Waals surface area contributed by atoms with Crippen molar-refractivity contribution in [3.8, 4) is 11.5 Å². The van der Waals surface area contributed by atoms with Gasteiger partial charge in [-0.1, -0.05) is 54.7 Å². The Morgan fingerprint density at radius 3 is 1.26 bits per heavy atom. The van der Waals surface area contributed by atoms with Gasteiger partial charge in [-0.2, -0.15) is 22.0 Å². The first-order chi connectivity index (χ1) is 23.4. The van der Waals surface area contributed by atoms with Gasteiger partial charge in [-0.25, -0.2) is 43.9 Å². The normalized spacial score (nSPS) is 19.3. The first-order valence-electron chi connectivity index (χ1n) is 13.9. The minimum atomic E-state index is -4.60. The molecule has 1 aliphatic rings. The van der Waals surface area contributed by atoms with Crippen LogP contribution in [0.15, 0.2) is 53.6 Å². The number of hydrogen-bond donors (Lipinski definition) is 0. The molecular weight excluding hydrogens is 735 g/mol. The Balaban J connectivity index is 2.00. The molecular formula is C29H17AlBF15O4. The van der Waals surface area contributed by atoms with Crippen molar-refractivity contribution in [1.29, 1.82) is 0 Å². The van der Waals surface area contributed by atoms with E-state index in [1.54, 1.807) is 0 Å². The van der Waals surface area contributed by atoms with Crippen LogP contribution >= 0.6 is 0 Å². The molecule has 268 valence electrons. The summed E-state index contributed by atoms with van der Waals surface area (Å²) in [5.74, 6) is -49.4. The van der Waals surface area contributed by atoms with Crippen molar-refractivity contribution in [3.63, 3.8) is 0 Å². The van der Waals surface area contributed by atoms with Crippen LogP contribution in [0.3, 0.4) is 0 Å². The Bertz CT molecular complexity index is 1700. The fraction of sp³-hybridized carbons (Fsp3) is 0.241. The summed E-state index contributed by atoms with van der Waals surface area (Å²) < 4.78 is 239. The lowest BCUT2D eigenvalue weighted by Crippen LogP contribution is -2.53. The molecule has 4 rings (SSSR count). The minimum Gasteiger partial charge on any atom is -0.496 e. The Labute approximate surface area is 276 Å². The molecule has 50 heavy (non-hydrogen) atoms. The third-order valence-corrected chi connectivity index (χ3v) is 9.74. The third kappa shape index (κ3) is 6.67. The Morgan fingerprint density at radius 1 is 0.540 bits per heavy atom. The highest BCUT2D eigenvalue weighted by molar-refractivity contribution is 6.51. The molecule has 0 saturated carbocycles. The second-order valence-corrected chi connectivity index (χ2v) is 13.4. The van der Waals surface area contributed by atoms with Gasteiger partial charge in [0.2, 0.25) is 69.8 Å². The summed E-state index contributed by atoms with van der Waals surface area (Å²) >= 11 is -2.97. The monoisotopic (exact) mass is 752 g/mol. The Morgan fingerprint density at radius 2 is 0.900 bits per heavy atom. The maximum absolute atomic E-state index is 16.2. The highest BCUT2D eigenvalue weighted by Crippen LogP contribution is 2.52. The molecule has 1 aliphatic carbocycles. The number of halogens is 15. The van der Waals surface area contributed by atoms with Gasteiger partial charge < -0.3 is 17.8 Å². The van der Waals surface area contributed by atoms with E-state index in [0.717, 1.165) is 24.3 Å². The van der Waals surface area contributed by atoms with E-state index >= 15 is 22.0 Å². The van der Waals surface area contributed by atoms with Crippen LogP contribution in [0, 0.1) is 58.2 Å². The smallest absolute Gasteiger partial charge is 0.496 e. The average molecular weight is 752 g/mol. The molecule has 0 unspecified atom stereocenters. The van der Waals surface area contributed by atoms with E-state index in [0.29, 0.717) is 0 Å². The molecule has 21 heteroatoms. The average Bonchev–Trinajstić information content (AvgIpc) is 3.11. The van der Waals surface area contributed by atoms with Crippen LogP contribution in [0.2, 0.25) is 10.6 Å². The lowest BCUT2D eigenvalue weighted by Gasteiger charge is -2.39. The van der Waals surface area contributed by atoms with Crippen LogP contribution in [0.5, 0.6) is 11.5 Å². The summed E-state index contributed by atoms with van der Waals surface area (Å²) in [6.45, 7) is 2.78.